The Bertz CT molecular complexity index is 868. The largest absolute Gasteiger partial charge is 0.363 e. The molecule has 0 radical (unpaired) electrons. The lowest BCUT2D eigenvalue weighted by Gasteiger charge is -2.35. The molecule has 0 bridgehead atoms. The number of rotatable bonds is 3. The first kappa shape index (κ1) is 15.5. The van der Waals surface area contributed by atoms with Crippen LogP contribution in [0, 0.1) is 0 Å². The van der Waals surface area contributed by atoms with E-state index in [9.17, 15) is 0 Å². The van der Waals surface area contributed by atoms with Gasteiger partial charge in [-0.3, -0.25) is 0 Å². The van der Waals surface area contributed by atoms with Crippen molar-refractivity contribution in [3.05, 3.63) is 36.9 Å². The van der Waals surface area contributed by atoms with Crippen LogP contribution in [0.5, 0.6) is 0 Å². The molecule has 3 aromatic heterocycles. The van der Waals surface area contributed by atoms with Crippen LogP contribution in [0.1, 0.15) is 0 Å². The van der Waals surface area contributed by atoms with Gasteiger partial charge in [-0.05, 0) is 18.2 Å². The van der Waals surface area contributed by atoms with E-state index in [-0.39, 0.29) is 0 Å². The van der Waals surface area contributed by atoms with Crippen molar-refractivity contribution in [1.82, 2.24) is 24.9 Å². The van der Waals surface area contributed by atoms with Crippen LogP contribution in [-0.4, -0.2) is 65.2 Å². The number of hydrogen-bond donors (Lipinski definition) is 0. The fourth-order valence-corrected chi connectivity index (χ4v) is 2.99. The minimum Gasteiger partial charge on any atom is -0.363 e. The van der Waals surface area contributed by atoms with Crippen LogP contribution in [0.2, 0.25) is 0 Å². The van der Waals surface area contributed by atoms with Crippen LogP contribution in [-0.2, 0) is 0 Å². The lowest BCUT2D eigenvalue weighted by molar-refractivity contribution is 0.635. The smallest absolute Gasteiger partial charge is 0.227 e. The standard InChI is InChI=1S/C17H20N8/c1-23(2)14-5-7-19-17(22-14)25-10-8-24(9-11-25)16-13-4-3-6-18-15(13)20-12-21-16/h3-7,12H,8-11H2,1-2H3. The zero-order valence-corrected chi connectivity index (χ0v) is 14.4. The Hall–Kier alpha value is -3.03. The molecule has 1 fully saturated rings. The molecule has 4 rings (SSSR count). The maximum atomic E-state index is 4.63. The number of hydrogen-bond acceptors (Lipinski definition) is 8. The second-order valence-corrected chi connectivity index (χ2v) is 6.16. The van der Waals surface area contributed by atoms with Gasteiger partial charge < -0.3 is 14.7 Å². The first-order valence-electron chi connectivity index (χ1n) is 8.28. The van der Waals surface area contributed by atoms with E-state index in [1.54, 1.807) is 12.5 Å². The molecule has 0 amide bonds. The van der Waals surface area contributed by atoms with Crippen molar-refractivity contribution in [1.29, 1.82) is 0 Å². The SMILES string of the molecule is CN(C)c1ccnc(N2CCN(c3ncnc4ncccc34)CC2)n1. The van der Waals surface area contributed by atoms with E-state index >= 15 is 0 Å². The lowest BCUT2D eigenvalue weighted by Crippen LogP contribution is -2.47. The third kappa shape index (κ3) is 3.02. The fourth-order valence-electron chi connectivity index (χ4n) is 2.99. The van der Waals surface area contributed by atoms with Gasteiger partial charge in [0.1, 0.15) is 18.0 Å². The van der Waals surface area contributed by atoms with Crippen LogP contribution in [0.3, 0.4) is 0 Å². The van der Waals surface area contributed by atoms with Crippen LogP contribution in [0.25, 0.3) is 11.0 Å². The Balaban J connectivity index is 1.52. The first-order chi connectivity index (χ1) is 12.2. The Labute approximate surface area is 146 Å². The van der Waals surface area contributed by atoms with Crippen LogP contribution in [0.15, 0.2) is 36.9 Å². The maximum Gasteiger partial charge on any atom is 0.227 e. The highest BCUT2D eigenvalue weighted by atomic mass is 15.3. The van der Waals surface area contributed by atoms with E-state index in [2.05, 4.69) is 34.7 Å². The van der Waals surface area contributed by atoms with Crippen molar-refractivity contribution >= 4 is 28.6 Å². The molecule has 0 spiro atoms. The first-order valence-corrected chi connectivity index (χ1v) is 8.28. The molecule has 8 heteroatoms. The topological polar surface area (TPSA) is 74.2 Å². The number of piperazine rings is 1. The number of aromatic nitrogens is 5. The maximum absolute atomic E-state index is 4.63. The van der Waals surface area contributed by atoms with Crippen molar-refractivity contribution < 1.29 is 0 Å². The normalized spacial score (nSPS) is 14.8. The third-order valence-electron chi connectivity index (χ3n) is 4.34. The minimum atomic E-state index is 0.733. The van der Waals surface area contributed by atoms with Crippen LogP contribution in [0.4, 0.5) is 17.6 Å². The molecule has 0 aliphatic carbocycles. The third-order valence-corrected chi connectivity index (χ3v) is 4.34. The van der Waals surface area contributed by atoms with Gasteiger partial charge in [0, 0.05) is 52.7 Å². The average Bonchev–Trinajstić information content (AvgIpc) is 2.68. The molecule has 0 saturated carbocycles. The van der Waals surface area contributed by atoms with Crippen LogP contribution >= 0.6 is 0 Å². The number of pyridine rings is 1. The summed E-state index contributed by atoms with van der Waals surface area (Å²) < 4.78 is 0. The quantitative estimate of drug-likeness (QED) is 0.706. The highest BCUT2D eigenvalue weighted by Crippen LogP contribution is 2.23. The molecule has 25 heavy (non-hydrogen) atoms. The van der Waals surface area contributed by atoms with E-state index in [1.807, 2.05) is 43.4 Å². The summed E-state index contributed by atoms with van der Waals surface area (Å²) in [4.78, 5) is 28.6. The van der Waals surface area contributed by atoms with Crippen molar-refractivity contribution in [3.8, 4) is 0 Å². The van der Waals surface area contributed by atoms with E-state index in [0.29, 0.717) is 0 Å². The molecule has 0 unspecified atom stereocenters. The van der Waals surface area contributed by atoms with Crippen molar-refractivity contribution in [2.45, 2.75) is 0 Å². The summed E-state index contributed by atoms with van der Waals surface area (Å²) in [6, 6.07) is 5.86. The predicted octanol–water partition coefficient (Wildman–Crippen LogP) is 1.21. The van der Waals surface area contributed by atoms with Gasteiger partial charge in [-0.2, -0.15) is 4.98 Å². The molecule has 8 nitrogen and oxygen atoms in total. The summed E-state index contributed by atoms with van der Waals surface area (Å²) >= 11 is 0. The van der Waals surface area contributed by atoms with Crippen molar-refractivity contribution in [3.63, 3.8) is 0 Å². The zero-order chi connectivity index (χ0) is 17.2. The number of fused-ring (bicyclic) bond motifs is 1. The lowest BCUT2D eigenvalue weighted by atomic mass is 10.2. The van der Waals surface area contributed by atoms with Crippen LogP contribution < -0.4 is 14.7 Å². The molecule has 3 aromatic rings. The number of nitrogens with zero attached hydrogens (tertiary/aromatic N) is 8. The monoisotopic (exact) mass is 336 g/mol. The summed E-state index contributed by atoms with van der Waals surface area (Å²) in [5.74, 6) is 2.64. The molecule has 0 atom stereocenters. The molecular formula is C17H20N8. The summed E-state index contributed by atoms with van der Waals surface area (Å²) in [5.41, 5.74) is 0.733. The van der Waals surface area contributed by atoms with E-state index in [1.165, 1.54) is 0 Å². The summed E-state index contributed by atoms with van der Waals surface area (Å²) in [7, 11) is 3.97. The Morgan fingerprint density at radius 1 is 0.880 bits per heavy atom. The van der Waals surface area contributed by atoms with Gasteiger partial charge in [0.15, 0.2) is 5.65 Å². The molecule has 1 saturated heterocycles. The second kappa shape index (κ2) is 6.46. The van der Waals surface area contributed by atoms with Gasteiger partial charge in [0.25, 0.3) is 0 Å². The molecule has 0 aromatic carbocycles. The molecule has 128 valence electrons. The summed E-state index contributed by atoms with van der Waals surface area (Å²) in [6.07, 6.45) is 5.15. The van der Waals surface area contributed by atoms with Crippen molar-refractivity contribution in [2.75, 3.05) is 55.0 Å². The Kier molecular flexibility index (Phi) is 4.01. The molecular weight excluding hydrogens is 316 g/mol. The highest BCUT2D eigenvalue weighted by Gasteiger charge is 2.22. The van der Waals surface area contributed by atoms with Gasteiger partial charge in [-0.1, -0.05) is 0 Å². The molecule has 1 aliphatic heterocycles. The van der Waals surface area contributed by atoms with Gasteiger partial charge in [-0.15, -0.1) is 0 Å². The predicted molar refractivity (Wildman–Crippen MR) is 98.1 cm³/mol. The summed E-state index contributed by atoms with van der Waals surface area (Å²) in [5, 5.41) is 0.990. The average molecular weight is 336 g/mol. The van der Waals surface area contributed by atoms with Gasteiger partial charge in [0.2, 0.25) is 5.95 Å². The second-order valence-electron chi connectivity index (χ2n) is 6.16. The zero-order valence-electron chi connectivity index (χ0n) is 14.4. The van der Waals surface area contributed by atoms with E-state index < -0.39 is 0 Å². The fraction of sp³-hybridized carbons (Fsp3) is 0.353. The Morgan fingerprint density at radius 3 is 2.48 bits per heavy atom. The van der Waals surface area contributed by atoms with Crippen molar-refractivity contribution in [2.24, 2.45) is 0 Å². The Morgan fingerprint density at radius 2 is 1.68 bits per heavy atom. The molecule has 0 N–H and O–H groups in total. The van der Waals surface area contributed by atoms with Gasteiger partial charge >= 0.3 is 0 Å². The minimum absolute atomic E-state index is 0.733. The van der Waals surface area contributed by atoms with Gasteiger partial charge in [0.05, 0.1) is 5.39 Å². The highest BCUT2D eigenvalue weighted by molar-refractivity contribution is 5.86. The number of anilines is 3. The molecule has 4 heterocycles. The summed E-state index contributed by atoms with van der Waals surface area (Å²) in [6.45, 7) is 3.42. The van der Waals surface area contributed by atoms with E-state index in [4.69, 9.17) is 0 Å². The van der Waals surface area contributed by atoms with Gasteiger partial charge in [-0.25, -0.2) is 19.9 Å². The van der Waals surface area contributed by atoms with E-state index in [0.717, 1.165) is 54.8 Å². The molecule has 1 aliphatic rings.